The molecule has 2 aliphatic rings. The molecule has 1 aliphatic heterocycles. The van der Waals surface area contributed by atoms with Crippen LogP contribution < -0.4 is 10.1 Å². The van der Waals surface area contributed by atoms with Crippen LogP contribution in [0.5, 0.6) is 5.75 Å². The maximum Gasteiger partial charge on any atom is 0.251 e. The second-order valence-electron chi connectivity index (χ2n) is 8.06. The molecule has 1 heterocycles. The topological polar surface area (TPSA) is 41.6 Å². The molecule has 0 atom stereocenters. The molecule has 148 valence electrons. The van der Waals surface area contributed by atoms with Crippen LogP contribution in [0.2, 0.25) is 0 Å². The van der Waals surface area contributed by atoms with Crippen molar-refractivity contribution in [2.45, 2.75) is 57.2 Å². The second-order valence-corrected chi connectivity index (χ2v) is 8.06. The zero-order valence-corrected chi connectivity index (χ0v) is 16.5. The van der Waals surface area contributed by atoms with Crippen LogP contribution in [-0.4, -0.2) is 36.0 Å². The molecule has 1 amide bonds. The summed E-state index contributed by atoms with van der Waals surface area (Å²) in [6.07, 6.45) is 7.16. The van der Waals surface area contributed by atoms with Gasteiger partial charge in [-0.15, -0.1) is 0 Å². The second kappa shape index (κ2) is 9.24. The average molecular weight is 379 g/mol. The van der Waals surface area contributed by atoms with Crippen molar-refractivity contribution in [2.24, 2.45) is 0 Å². The number of rotatable bonds is 6. The summed E-state index contributed by atoms with van der Waals surface area (Å²) in [5, 5.41) is 3.21. The number of ether oxygens (including phenoxy) is 1. The number of piperidine rings is 1. The Morgan fingerprint density at radius 3 is 2.29 bits per heavy atom. The minimum absolute atomic E-state index is 0.0222. The van der Waals surface area contributed by atoms with Crippen LogP contribution in [0.25, 0.3) is 0 Å². The smallest absolute Gasteiger partial charge is 0.251 e. The van der Waals surface area contributed by atoms with E-state index in [1.165, 1.54) is 18.4 Å². The van der Waals surface area contributed by atoms with E-state index in [-0.39, 0.29) is 11.9 Å². The van der Waals surface area contributed by atoms with Gasteiger partial charge in [0.1, 0.15) is 5.75 Å². The molecular weight excluding hydrogens is 348 g/mol. The molecule has 1 saturated carbocycles. The van der Waals surface area contributed by atoms with Crippen molar-refractivity contribution >= 4 is 5.91 Å². The van der Waals surface area contributed by atoms with Crippen LogP contribution in [0.4, 0.5) is 0 Å². The number of carbonyl (C=O) groups is 1. The number of hydrogen-bond donors (Lipinski definition) is 1. The minimum atomic E-state index is 0.0222. The fourth-order valence-corrected chi connectivity index (χ4v) is 4.23. The maximum absolute atomic E-state index is 12.6. The van der Waals surface area contributed by atoms with E-state index in [1.807, 2.05) is 24.3 Å². The highest BCUT2D eigenvalue weighted by Gasteiger charge is 2.21. The van der Waals surface area contributed by atoms with Crippen molar-refractivity contribution in [3.63, 3.8) is 0 Å². The van der Waals surface area contributed by atoms with Crippen LogP contribution in [0, 0.1) is 0 Å². The summed E-state index contributed by atoms with van der Waals surface area (Å²) in [6, 6.07) is 18.5. The number of nitrogens with zero attached hydrogens (tertiary/aromatic N) is 1. The Labute approximate surface area is 167 Å². The highest BCUT2D eigenvalue weighted by atomic mass is 16.5. The van der Waals surface area contributed by atoms with Gasteiger partial charge in [0, 0.05) is 31.2 Å². The van der Waals surface area contributed by atoms with Crippen LogP contribution in [0.1, 0.15) is 54.4 Å². The van der Waals surface area contributed by atoms with E-state index >= 15 is 0 Å². The van der Waals surface area contributed by atoms with Crippen LogP contribution in [0.3, 0.4) is 0 Å². The van der Waals surface area contributed by atoms with E-state index in [2.05, 4.69) is 40.5 Å². The van der Waals surface area contributed by atoms with E-state index < -0.39 is 0 Å². The quantitative estimate of drug-likeness (QED) is 0.810. The lowest BCUT2D eigenvalue weighted by molar-refractivity contribution is 0.0909. The van der Waals surface area contributed by atoms with Gasteiger partial charge in [0.2, 0.25) is 0 Å². The van der Waals surface area contributed by atoms with Crippen molar-refractivity contribution in [3.8, 4) is 5.75 Å². The van der Waals surface area contributed by atoms with Crippen molar-refractivity contribution in [2.75, 3.05) is 13.1 Å². The minimum Gasteiger partial charge on any atom is -0.490 e. The molecule has 2 aromatic rings. The lowest BCUT2D eigenvalue weighted by atomic mass is 10.0. The first-order valence-electron chi connectivity index (χ1n) is 10.6. The Hall–Kier alpha value is -2.33. The Kier molecular flexibility index (Phi) is 6.27. The lowest BCUT2D eigenvalue weighted by Crippen LogP contribution is -2.44. The van der Waals surface area contributed by atoms with Crippen LogP contribution in [0.15, 0.2) is 54.6 Å². The van der Waals surface area contributed by atoms with Gasteiger partial charge in [0.25, 0.3) is 5.91 Å². The Morgan fingerprint density at radius 2 is 1.61 bits per heavy atom. The fraction of sp³-hybridized carbons (Fsp3) is 0.458. The molecule has 0 aromatic heterocycles. The maximum atomic E-state index is 12.6. The summed E-state index contributed by atoms with van der Waals surface area (Å²) < 4.78 is 5.98. The van der Waals surface area contributed by atoms with Gasteiger partial charge < -0.3 is 10.1 Å². The molecule has 0 spiro atoms. The molecule has 0 bridgehead atoms. The largest absolute Gasteiger partial charge is 0.490 e. The first-order chi connectivity index (χ1) is 13.8. The van der Waals surface area contributed by atoms with Crippen molar-refractivity contribution < 1.29 is 9.53 Å². The van der Waals surface area contributed by atoms with Crippen LogP contribution >= 0.6 is 0 Å². The standard InChI is InChI=1S/C24H30N2O2/c27-24(20-10-12-23(13-11-20)28-22-8-4-5-9-22)25-21-14-16-26(17-15-21)18-19-6-2-1-3-7-19/h1-3,6-7,10-13,21-22H,4-5,8-9,14-18H2,(H,25,27). The lowest BCUT2D eigenvalue weighted by Gasteiger charge is -2.32. The summed E-state index contributed by atoms with van der Waals surface area (Å²) in [6.45, 7) is 3.03. The van der Waals surface area contributed by atoms with Gasteiger partial charge in [-0.3, -0.25) is 9.69 Å². The first kappa shape index (κ1) is 19.0. The van der Waals surface area contributed by atoms with E-state index in [9.17, 15) is 4.79 Å². The van der Waals surface area contributed by atoms with Gasteiger partial charge in [0.15, 0.2) is 0 Å². The van der Waals surface area contributed by atoms with Gasteiger partial charge in [-0.05, 0) is 68.4 Å². The number of carbonyl (C=O) groups excluding carboxylic acids is 1. The summed E-state index contributed by atoms with van der Waals surface area (Å²) in [7, 11) is 0. The van der Waals surface area contributed by atoms with E-state index in [0.717, 1.165) is 51.1 Å². The molecule has 0 radical (unpaired) electrons. The summed E-state index contributed by atoms with van der Waals surface area (Å²) in [4.78, 5) is 15.0. The number of nitrogens with one attached hydrogen (secondary N) is 1. The van der Waals surface area contributed by atoms with Gasteiger partial charge >= 0.3 is 0 Å². The highest BCUT2D eigenvalue weighted by Crippen LogP contribution is 2.24. The predicted molar refractivity (Wildman–Crippen MR) is 112 cm³/mol. The normalized spacial score (nSPS) is 18.9. The third-order valence-corrected chi connectivity index (χ3v) is 5.89. The zero-order chi connectivity index (χ0) is 19.2. The summed E-state index contributed by atoms with van der Waals surface area (Å²) in [5.74, 6) is 0.895. The SMILES string of the molecule is O=C(NC1CCN(Cc2ccccc2)CC1)c1ccc(OC2CCCC2)cc1. The molecule has 28 heavy (non-hydrogen) atoms. The molecule has 4 heteroatoms. The van der Waals surface area contributed by atoms with Gasteiger partial charge in [0.05, 0.1) is 6.10 Å². The molecule has 2 fully saturated rings. The Balaban J connectivity index is 1.23. The molecule has 2 aromatic carbocycles. The zero-order valence-electron chi connectivity index (χ0n) is 16.5. The first-order valence-corrected chi connectivity index (χ1v) is 10.6. The van der Waals surface area contributed by atoms with E-state index in [4.69, 9.17) is 4.74 Å². The average Bonchev–Trinajstić information content (AvgIpc) is 3.24. The van der Waals surface area contributed by atoms with E-state index in [0.29, 0.717) is 11.7 Å². The van der Waals surface area contributed by atoms with Gasteiger partial charge in [-0.1, -0.05) is 30.3 Å². The summed E-state index contributed by atoms with van der Waals surface area (Å²) >= 11 is 0. The van der Waals surface area contributed by atoms with Crippen molar-refractivity contribution in [1.29, 1.82) is 0 Å². The van der Waals surface area contributed by atoms with Crippen molar-refractivity contribution in [1.82, 2.24) is 10.2 Å². The number of likely N-dealkylation sites (tertiary alicyclic amines) is 1. The van der Waals surface area contributed by atoms with Crippen molar-refractivity contribution in [3.05, 3.63) is 65.7 Å². The Morgan fingerprint density at radius 1 is 0.929 bits per heavy atom. The van der Waals surface area contributed by atoms with Crippen LogP contribution in [-0.2, 0) is 6.54 Å². The molecule has 1 saturated heterocycles. The third-order valence-electron chi connectivity index (χ3n) is 5.89. The highest BCUT2D eigenvalue weighted by molar-refractivity contribution is 5.94. The fourth-order valence-electron chi connectivity index (χ4n) is 4.23. The third kappa shape index (κ3) is 5.14. The predicted octanol–water partition coefficient (Wildman–Crippen LogP) is 4.40. The van der Waals surface area contributed by atoms with E-state index in [1.54, 1.807) is 0 Å². The molecule has 0 unspecified atom stereocenters. The monoisotopic (exact) mass is 378 g/mol. The molecule has 1 aliphatic carbocycles. The molecular formula is C24H30N2O2. The number of amides is 1. The Bertz CT molecular complexity index is 746. The number of benzene rings is 2. The summed E-state index contributed by atoms with van der Waals surface area (Å²) in [5.41, 5.74) is 2.07. The molecule has 1 N–H and O–H groups in total. The number of hydrogen-bond acceptors (Lipinski definition) is 3. The van der Waals surface area contributed by atoms with Gasteiger partial charge in [-0.25, -0.2) is 0 Å². The molecule has 4 rings (SSSR count). The van der Waals surface area contributed by atoms with Gasteiger partial charge in [-0.2, -0.15) is 0 Å². The molecule has 4 nitrogen and oxygen atoms in total.